The number of allylic oxidation sites excluding steroid dienone is 2. The molecule has 2 unspecified atom stereocenters. The zero-order chi connectivity index (χ0) is 32.0. The van der Waals surface area contributed by atoms with Gasteiger partial charge in [0.05, 0.1) is 18.1 Å². The van der Waals surface area contributed by atoms with Gasteiger partial charge in [-0.1, -0.05) is 18.2 Å². The summed E-state index contributed by atoms with van der Waals surface area (Å²) in [5.74, 6) is 4.12. The molecular formula is C37H44N6O2S. The third kappa shape index (κ3) is 7.48. The van der Waals surface area contributed by atoms with E-state index in [1.165, 1.54) is 42.8 Å². The van der Waals surface area contributed by atoms with E-state index >= 15 is 0 Å². The van der Waals surface area contributed by atoms with E-state index in [4.69, 9.17) is 4.74 Å². The largest absolute Gasteiger partial charge is 0.455 e. The third-order valence-corrected chi connectivity index (χ3v) is 10.3. The van der Waals surface area contributed by atoms with Crippen LogP contribution in [0.25, 0.3) is 10.2 Å². The van der Waals surface area contributed by atoms with Crippen LogP contribution in [0.3, 0.4) is 0 Å². The summed E-state index contributed by atoms with van der Waals surface area (Å²) >= 11 is 1.66. The molecule has 3 aliphatic rings. The van der Waals surface area contributed by atoms with Gasteiger partial charge in [-0.2, -0.15) is 0 Å². The lowest BCUT2D eigenvalue weighted by Gasteiger charge is -2.30. The third-order valence-electron chi connectivity index (χ3n) is 9.14. The zero-order valence-corrected chi connectivity index (χ0v) is 28.1. The standard InChI is InChI=1S/C33H36N6O2S.C4H8/c1-21-14-25(8-10-28(21)41-26-9-5-22(2)34-16-26)37-32-31-27-11-13-39(19-29(27)42-33(31)36-20-35-32)30(40)4-3-12-38-17-23-6-7-24(15-23)18-38;1-3-4-2/h3-5,8-10,14,16,20,23-24H,6-7,11-13,15,17-19H2,1-2H3,(H,35,36,37);3-4H,1-2H3/b4-3+;4-3-. The predicted molar refractivity (Wildman–Crippen MR) is 187 cm³/mol. The monoisotopic (exact) mass is 636 g/mol. The van der Waals surface area contributed by atoms with E-state index in [-0.39, 0.29) is 5.91 Å². The number of likely N-dealkylation sites (tertiary alicyclic amines) is 1. The summed E-state index contributed by atoms with van der Waals surface area (Å²) in [7, 11) is 0. The van der Waals surface area contributed by atoms with Crippen molar-refractivity contribution in [3.05, 3.63) is 88.9 Å². The minimum Gasteiger partial charge on any atom is -0.455 e. The fourth-order valence-electron chi connectivity index (χ4n) is 6.70. The summed E-state index contributed by atoms with van der Waals surface area (Å²) in [5.41, 5.74) is 4.14. The number of aryl methyl sites for hydroxylation is 2. The first kappa shape index (κ1) is 31.9. The van der Waals surface area contributed by atoms with Crippen LogP contribution in [0, 0.1) is 25.7 Å². The number of rotatable bonds is 7. The van der Waals surface area contributed by atoms with Gasteiger partial charge in [-0.3, -0.25) is 14.7 Å². The second-order valence-corrected chi connectivity index (χ2v) is 13.7. The number of nitrogens with zero attached hydrogens (tertiary/aromatic N) is 5. The molecule has 1 N–H and O–H groups in total. The molecule has 2 bridgehead atoms. The number of ether oxygens (including phenoxy) is 1. The van der Waals surface area contributed by atoms with Crippen LogP contribution in [0.15, 0.2) is 67.2 Å². The van der Waals surface area contributed by atoms with Crippen LogP contribution in [-0.2, 0) is 17.8 Å². The summed E-state index contributed by atoms with van der Waals surface area (Å²) in [4.78, 5) is 33.2. The molecule has 46 heavy (non-hydrogen) atoms. The van der Waals surface area contributed by atoms with Crippen LogP contribution in [0.4, 0.5) is 11.5 Å². The van der Waals surface area contributed by atoms with Crippen molar-refractivity contribution in [1.82, 2.24) is 24.8 Å². The molecule has 7 rings (SSSR count). The fraction of sp³-hybridized carbons (Fsp3) is 0.405. The highest BCUT2D eigenvalue weighted by Crippen LogP contribution is 2.39. The van der Waals surface area contributed by atoms with Crippen LogP contribution in [0.5, 0.6) is 11.5 Å². The van der Waals surface area contributed by atoms with E-state index in [2.05, 4.69) is 37.3 Å². The number of nitrogens with one attached hydrogen (secondary N) is 1. The molecule has 240 valence electrons. The number of piperidine rings is 1. The molecule has 9 heteroatoms. The van der Waals surface area contributed by atoms with E-state index in [0.717, 1.165) is 63.5 Å². The summed E-state index contributed by atoms with van der Waals surface area (Å²) in [6, 6.07) is 9.89. The van der Waals surface area contributed by atoms with Gasteiger partial charge in [-0.15, -0.1) is 11.3 Å². The highest BCUT2D eigenvalue weighted by atomic mass is 32.1. The second-order valence-electron chi connectivity index (χ2n) is 12.6. The molecule has 2 fully saturated rings. The smallest absolute Gasteiger partial charge is 0.246 e. The van der Waals surface area contributed by atoms with E-state index in [1.54, 1.807) is 29.9 Å². The lowest BCUT2D eigenvalue weighted by molar-refractivity contribution is -0.126. The predicted octanol–water partition coefficient (Wildman–Crippen LogP) is 7.99. The minimum absolute atomic E-state index is 0.0988. The molecule has 1 saturated heterocycles. The normalized spacial score (nSPS) is 19.3. The van der Waals surface area contributed by atoms with Crippen molar-refractivity contribution in [1.29, 1.82) is 0 Å². The number of aromatic nitrogens is 3. The van der Waals surface area contributed by atoms with Gasteiger partial charge in [0.2, 0.25) is 5.91 Å². The van der Waals surface area contributed by atoms with Crippen LogP contribution in [0.2, 0.25) is 0 Å². The number of hydrogen-bond acceptors (Lipinski definition) is 8. The molecule has 2 aliphatic heterocycles. The molecule has 3 aromatic heterocycles. The van der Waals surface area contributed by atoms with Gasteiger partial charge in [0, 0.05) is 48.5 Å². The first-order chi connectivity index (χ1) is 22.4. The minimum atomic E-state index is 0.0988. The SMILES string of the molecule is C/C=C\C.Cc1ccc(Oc2ccc(Nc3ncnc4sc5c(c34)CCN(C(=O)/C=C/CN3CC4CCC(C4)C3)C5)cc2C)cn1. The Bertz CT molecular complexity index is 1710. The van der Waals surface area contributed by atoms with Gasteiger partial charge in [0.25, 0.3) is 0 Å². The quantitative estimate of drug-likeness (QED) is 0.163. The Morgan fingerprint density at radius 1 is 1.07 bits per heavy atom. The van der Waals surface area contributed by atoms with E-state index < -0.39 is 0 Å². The summed E-state index contributed by atoms with van der Waals surface area (Å²) in [6.45, 7) is 12.5. The van der Waals surface area contributed by atoms with Gasteiger partial charge < -0.3 is 15.0 Å². The fourth-order valence-corrected chi connectivity index (χ4v) is 7.91. The topological polar surface area (TPSA) is 83.5 Å². The molecule has 0 radical (unpaired) electrons. The molecular weight excluding hydrogens is 593 g/mol. The maximum absolute atomic E-state index is 13.1. The average Bonchev–Trinajstić information content (AvgIpc) is 3.62. The maximum atomic E-state index is 13.1. The molecule has 1 aliphatic carbocycles. The maximum Gasteiger partial charge on any atom is 0.246 e. The van der Waals surface area contributed by atoms with Crippen LogP contribution >= 0.6 is 11.3 Å². The zero-order valence-electron chi connectivity index (χ0n) is 27.3. The summed E-state index contributed by atoms with van der Waals surface area (Å²) < 4.78 is 6.04. The summed E-state index contributed by atoms with van der Waals surface area (Å²) in [5, 5.41) is 4.58. The Hall–Kier alpha value is -4.08. The molecule has 1 aromatic carbocycles. The van der Waals surface area contributed by atoms with Crippen molar-refractivity contribution in [3.63, 3.8) is 0 Å². The van der Waals surface area contributed by atoms with Crippen LogP contribution in [-0.4, -0.2) is 56.8 Å². The van der Waals surface area contributed by atoms with Gasteiger partial charge in [-0.05, 0) is 107 Å². The van der Waals surface area contributed by atoms with Crippen molar-refractivity contribution < 1.29 is 9.53 Å². The van der Waals surface area contributed by atoms with Crippen LogP contribution < -0.4 is 10.1 Å². The highest BCUT2D eigenvalue weighted by Gasteiger charge is 2.32. The first-order valence-corrected chi connectivity index (χ1v) is 17.2. The number of pyridine rings is 1. The van der Waals surface area contributed by atoms with E-state index in [0.29, 0.717) is 18.8 Å². The average molecular weight is 637 g/mol. The Balaban J connectivity index is 0.000000879. The highest BCUT2D eigenvalue weighted by molar-refractivity contribution is 7.19. The molecule has 4 aromatic rings. The number of benzene rings is 1. The molecule has 2 atom stereocenters. The van der Waals surface area contributed by atoms with Gasteiger partial charge >= 0.3 is 0 Å². The lowest BCUT2D eigenvalue weighted by Crippen LogP contribution is -2.37. The Kier molecular flexibility index (Phi) is 10.1. The van der Waals surface area contributed by atoms with Crippen molar-refractivity contribution in [2.24, 2.45) is 11.8 Å². The van der Waals surface area contributed by atoms with Gasteiger partial charge in [0.15, 0.2) is 0 Å². The van der Waals surface area contributed by atoms with Crippen molar-refractivity contribution >= 4 is 39.0 Å². The van der Waals surface area contributed by atoms with Crippen molar-refractivity contribution in [3.8, 4) is 11.5 Å². The molecule has 5 heterocycles. The molecule has 1 amide bonds. The molecule has 0 spiro atoms. The number of carbonyl (C=O) groups is 1. The Morgan fingerprint density at radius 2 is 1.87 bits per heavy atom. The number of anilines is 2. The number of carbonyl (C=O) groups excluding carboxylic acids is 1. The number of fused-ring (bicyclic) bond motifs is 5. The van der Waals surface area contributed by atoms with Gasteiger partial charge in [-0.25, -0.2) is 9.97 Å². The summed E-state index contributed by atoms with van der Waals surface area (Å²) in [6.07, 6.45) is 16.2. The number of amides is 1. The molecule has 1 saturated carbocycles. The lowest BCUT2D eigenvalue weighted by atomic mass is 9.99. The van der Waals surface area contributed by atoms with Gasteiger partial charge in [0.1, 0.15) is 28.5 Å². The second kappa shape index (κ2) is 14.6. The number of hydrogen-bond donors (Lipinski definition) is 1. The Morgan fingerprint density at radius 3 is 2.59 bits per heavy atom. The molecule has 8 nitrogen and oxygen atoms in total. The van der Waals surface area contributed by atoms with Crippen molar-refractivity contribution in [2.45, 2.75) is 59.9 Å². The van der Waals surface area contributed by atoms with E-state index in [1.807, 2.05) is 69.0 Å². The first-order valence-electron chi connectivity index (χ1n) is 16.4. The van der Waals surface area contributed by atoms with Crippen LogP contribution in [0.1, 0.15) is 54.8 Å². The van der Waals surface area contributed by atoms with Crippen molar-refractivity contribution in [2.75, 3.05) is 31.5 Å². The van der Waals surface area contributed by atoms with E-state index in [9.17, 15) is 4.79 Å². The number of thiophene rings is 1. The Labute approximate surface area is 276 Å².